The Morgan fingerprint density at radius 1 is 1.35 bits per heavy atom. The highest BCUT2D eigenvalue weighted by Gasteiger charge is 2.34. The van der Waals surface area contributed by atoms with Crippen LogP contribution >= 0.6 is 0 Å². The Bertz CT molecular complexity index is 329. The van der Waals surface area contributed by atoms with Crippen LogP contribution in [0.1, 0.15) is 19.3 Å². The Kier molecular flexibility index (Phi) is 5.26. The molecule has 2 aliphatic rings. The van der Waals surface area contributed by atoms with Crippen LogP contribution in [0.2, 0.25) is 0 Å². The Morgan fingerprint density at radius 3 is 2.80 bits per heavy atom. The SMILES string of the molecule is O=C(NCC1CCN(CC(F)(F)F)C1)C1CCCNC1. The van der Waals surface area contributed by atoms with Gasteiger partial charge < -0.3 is 10.6 Å². The summed E-state index contributed by atoms with van der Waals surface area (Å²) in [5, 5.41) is 6.07. The van der Waals surface area contributed by atoms with Crippen LogP contribution in [0.4, 0.5) is 13.2 Å². The summed E-state index contributed by atoms with van der Waals surface area (Å²) < 4.78 is 36.8. The molecule has 0 aliphatic carbocycles. The summed E-state index contributed by atoms with van der Waals surface area (Å²) in [5.41, 5.74) is 0. The predicted octanol–water partition coefficient (Wildman–Crippen LogP) is 0.986. The fourth-order valence-electron chi connectivity index (χ4n) is 2.94. The van der Waals surface area contributed by atoms with Crippen molar-refractivity contribution >= 4 is 5.91 Å². The van der Waals surface area contributed by atoms with Crippen LogP contribution in [0.5, 0.6) is 0 Å². The maximum Gasteiger partial charge on any atom is 0.401 e. The number of rotatable bonds is 4. The fourth-order valence-corrected chi connectivity index (χ4v) is 2.94. The van der Waals surface area contributed by atoms with Crippen LogP contribution in [0.15, 0.2) is 0 Å². The van der Waals surface area contributed by atoms with Crippen molar-refractivity contribution < 1.29 is 18.0 Å². The van der Waals surface area contributed by atoms with Crippen LogP contribution in [-0.4, -0.2) is 56.3 Å². The molecule has 0 spiro atoms. The van der Waals surface area contributed by atoms with Gasteiger partial charge in [-0.1, -0.05) is 0 Å². The van der Waals surface area contributed by atoms with E-state index in [9.17, 15) is 18.0 Å². The van der Waals surface area contributed by atoms with Gasteiger partial charge >= 0.3 is 6.18 Å². The molecule has 2 atom stereocenters. The van der Waals surface area contributed by atoms with Crippen LogP contribution in [0.3, 0.4) is 0 Å². The first kappa shape index (κ1) is 15.6. The van der Waals surface area contributed by atoms with Gasteiger partial charge in [-0.15, -0.1) is 0 Å². The predicted molar refractivity (Wildman–Crippen MR) is 69.2 cm³/mol. The van der Waals surface area contributed by atoms with Gasteiger partial charge in [-0.3, -0.25) is 9.69 Å². The topological polar surface area (TPSA) is 44.4 Å². The van der Waals surface area contributed by atoms with Gasteiger partial charge in [-0.05, 0) is 38.3 Å². The minimum atomic E-state index is -4.13. The Balaban J connectivity index is 1.66. The zero-order chi connectivity index (χ0) is 14.6. The molecule has 2 fully saturated rings. The summed E-state index contributed by atoms with van der Waals surface area (Å²) >= 11 is 0. The van der Waals surface area contributed by atoms with E-state index in [4.69, 9.17) is 0 Å². The molecule has 0 saturated carbocycles. The van der Waals surface area contributed by atoms with E-state index in [1.54, 1.807) is 0 Å². The lowest BCUT2D eigenvalue weighted by Crippen LogP contribution is -2.42. The van der Waals surface area contributed by atoms with E-state index in [2.05, 4.69) is 10.6 Å². The molecule has 7 heteroatoms. The normalized spacial score (nSPS) is 28.6. The number of carbonyl (C=O) groups is 1. The molecule has 0 aromatic rings. The van der Waals surface area contributed by atoms with E-state index >= 15 is 0 Å². The zero-order valence-electron chi connectivity index (χ0n) is 11.5. The number of hydrogen-bond acceptors (Lipinski definition) is 3. The van der Waals surface area contributed by atoms with Crippen molar-refractivity contribution in [2.75, 3.05) is 39.3 Å². The van der Waals surface area contributed by atoms with E-state index in [0.29, 0.717) is 26.2 Å². The number of amides is 1. The summed E-state index contributed by atoms with van der Waals surface area (Å²) in [6.45, 7) is 2.19. The van der Waals surface area contributed by atoms with Crippen molar-refractivity contribution in [3.63, 3.8) is 0 Å². The van der Waals surface area contributed by atoms with Gasteiger partial charge in [0.1, 0.15) is 0 Å². The van der Waals surface area contributed by atoms with Crippen LogP contribution in [0, 0.1) is 11.8 Å². The summed E-state index contributed by atoms with van der Waals surface area (Å²) in [6.07, 6.45) is -1.52. The number of halogens is 3. The highest BCUT2D eigenvalue weighted by atomic mass is 19.4. The van der Waals surface area contributed by atoms with Crippen molar-refractivity contribution in [1.29, 1.82) is 0 Å². The fraction of sp³-hybridized carbons (Fsp3) is 0.923. The molecule has 2 rings (SSSR count). The second-order valence-corrected chi connectivity index (χ2v) is 5.79. The smallest absolute Gasteiger partial charge is 0.355 e. The Hall–Kier alpha value is -0.820. The first-order valence-corrected chi connectivity index (χ1v) is 7.21. The van der Waals surface area contributed by atoms with Crippen molar-refractivity contribution in [3.05, 3.63) is 0 Å². The molecule has 2 heterocycles. The third-order valence-corrected chi connectivity index (χ3v) is 4.01. The summed E-state index contributed by atoms with van der Waals surface area (Å²) in [5.74, 6) is 0.181. The van der Waals surface area contributed by atoms with Crippen molar-refractivity contribution in [2.45, 2.75) is 25.4 Å². The summed E-state index contributed by atoms with van der Waals surface area (Å²) in [6, 6.07) is 0. The lowest BCUT2D eigenvalue weighted by Gasteiger charge is -2.23. The largest absolute Gasteiger partial charge is 0.401 e. The minimum Gasteiger partial charge on any atom is -0.355 e. The molecule has 2 unspecified atom stereocenters. The number of nitrogens with one attached hydrogen (secondary N) is 2. The number of likely N-dealkylation sites (tertiary alicyclic amines) is 1. The van der Waals surface area contributed by atoms with Crippen molar-refractivity contribution in [3.8, 4) is 0 Å². The quantitative estimate of drug-likeness (QED) is 0.812. The summed E-state index contributed by atoms with van der Waals surface area (Å²) in [7, 11) is 0. The minimum absolute atomic E-state index is 0.0106. The first-order valence-electron chi connectivity index (χ1n) is 7.21. The molecule has 2 saturated heterocycles. The summed E-state index contributed by atoms with van der Waals surface area (Å²) in [4.78, 5) is 13.3. The van der Waals surface area contributed by atoms with Gasteiger partial charge in [0.2, 0.25) is 5.91 Å². The van der Waals surface area contributed by atoms with Gasteiger partial charge in [0.25, 0.3) is 0 Å². The van der Waals surface area contributed by atoms with E-state index < -0.39 is 12.7 Å². The lowest BCUT2D eigenvalue weighted by molar-refractivity contribution is -0.143. The average Bonchev–Trinajstić information content (AvgIpc) is 2.82. The van der Waals surface area contributed by atoms with Crippen molar-refractivity contribution in [1.82, 2.24) is 15.5 Å². The molecule has 4 nitrogen and oxygen atoms in total. The number of piperidine rings is 1. The van der Waals surface area contributed by atoms with E-state index in [1.807, 2.05) is 0 Å². The van der Waals surface area contributed by atoms with Crippen LogP contribution in [-0.2, 0) is 4.79 Å². The number of alkyl halides is 3. The zero-order valence-corrected chi connectivity index (χ0v) is 11.5. The monoisotopic (exact) mass is 293 g/mol. The van der Waals surface area contributed by atoms with Crippen LogP contribution in [0.25, 0.3) is 0 Å². The molecule has 2 N–H and O–H groups in total. The van der Waals surface area contributed by atoms with Gasteiger partial charge in [0, 0.05) is 19.6 Å². The molecule has 2 aliphatic heterocycles. The molecule has 0 aromatic heterocycles. The molecule has 0 aromatic carbocycles. The standard InChI is InChI=1S/C13H22F3N3O/c14-13(15,16)9-19-5-3-10(8-19)6-18-12(20)11-2-1-4-17-7-11/h10-11,17H,1-9H2,(H,18,20). The average molecular weight is 293 g/mol. The second-order valence-electron chi connectivity index (χ2n) is 5.79. The van der Waals surface area contributed by atoms with E-state index in [1.165, 1.54) is 4.90 Å². The maximum absolute atomic E-state index is 12.3. The molecular weight excluding hydrogens is 271 g/mol. The van der Waals surface area contributed by atoms with Crippen molar-refractivity contribution in [2.24, 2.45) is 11.8 Å². The van der Waals surface area contributed by atoms with E-state index in [-0.39, 0.29) is 17.7 Å². The van der Waals surface area contributed by atoms with Crippen LogP contribution < -0.4 is 10.6 Å². The Labute approximate surface area is 117 Å². The second kappa shape index (κ2) is 6.76. The van der Waals surface area contributed by atoms with Gasteiger partial charge in [0.05, 0.1) is 12.5 Å². The molecule has 0 radical (unpaired) electrons. The number of nitrogens with zero attached hydrogens (tertiary/aromatic N) is 1. The maximum atomic E-state index is 12.3. The van der Waals surface area contributed by atoms with E-state index in [0.717, 1.165) is 25.8 Å². The molecule has 1 amide bonds. The third-order valence-electron chi connectivity index (χ3n) is 4.01. The van der Waals surface area contributed by atoms with Gasteiger partial charge in [-0.25, -0.2) is 0 Å². The van der Waals surface area contributed by atoms with Gasteiger partial charge in [-0.2, -0.15) is 13.2 Å². The highest BCUT2D eigenvalue weighted by Crippen LogP contribution is 2.22. The van der Waals surface area contributed by atoms with Gasteiger partial charge in [0.15, 0.2) is 0 Å². The molecule has 20 heavy (non-hydrogen) atoms. The highest BCUT2D eigenvalue weighted by molar-refractivity contribution is 5.78. The first-order chi connectivity index (χ1) is 9.44. The molecular formula is C13H22F3N3O. The molecule has 116 valence electrons. The Morgan fingerprint density at radius 2 is 2.15 bits per heavy atom. The number of hydrogen-bond donors (Lipinski definition) is 2. The lowest BCUT2D eigenvalue weighted by atomic mass is 9.98. The number of carbonyl (C=O) groups excluding carboxylic acids is 1. The third kappa shape index (κ3) is 4.94. The molecule has 0 bridgehead atoms.